The van der Waals surface area contributed by atoms with Gasteiger partial charge in [-0.15, -0.1) is 0 Å². The first kappa shape index (κ1) is 35.7. The molecule has 13 heteroatoms. The Labute approximate surface area is 269 Å². The molecule has 1 aliphatic heterocycles. The fourth-order valence-corrected chi connectivity index (χ4v) is 5.98. The molecule has 1 aliphatic rings. The molecule has 0 aliphatic carbocycles. The van der Waals surface area contributed by atoms with E-state index in [0.29, 0.717) is 60.1 Å². The SMILES string of the molecule is Cc1cc(=O)n([C@@H](CC(C)C)C(=O)N[C@@H](CC(=O)O)c2cc(-c3c(C)cccc3C)cc(C(F)(F)F)c2F)nc1CCN1CC(F)C1. The zero-order valence-corrected chi connectivity index (χ0v) is 26.9. The average molecular weight is 663 g/mol. The van der Waals surface area contributed by atoms with Crippen LogP contribution in [0.25, 0.3) is 11.1 Å². The lowest BCUT2D eigenvalue weighted by molar-refractivity contribution is -0.140. The standard InChI is InChI=1S/C34H39F5N4O4/c1-18(2)11-28(43-29(44)12-21(5)26(41-43)9-10-42-16-23(35)17-42)33(47)40-27(15-30(45)46)24-13-22(14-25(32(24)36)34(37,38)39)31-19(3)7-6-8-20(31)4/h6-8,12-14,18,23,27-28H,9-11,15-17H2,1-5H3,(H,40,47)(H,45,46)/t27-,28-/m0/s1. The van der Waals surface area contributed by atoms with Crippen molar-refractivity contribution >= 4 is 11.9 Å². The van der Waals surface area contributed by atoms with Crippen molar-refractivity contribution in [3.63, 3.8) is 0 Å². The first-order chi connectivity index (χ1) is 22.0. The van der Waals surface area contributed by atoms with Gasteiger partial charge < -0.3 is 10.4 Å². The van der Waals surface area contributed by atoms with Gasteiger partial charge in [-0.25, -0.2) is 13.5 Å². The van der Waals surface area contributed by atoms with E-state index in [-0.39, 0.29) is 17.9 Å². The van der Waals surface area contributed by atoms with Crippen LogP contribution in [0.1, 0.15) is 72.3 Å². The minimum Gasteiger partial charge on any atom is -0.481 e. The number of aromatic nitrogens is 2. The number of likely N-dealkylation sites (tertiary alicyclic amines) is 1. The lowest BCUT2D eigenvalue weighted by Crippen LogP contribution is -2.49. The molecule has 2 atom stereocenters. The maximum absolute atomic E-state index is 15.8. The number of aryl methyl sites for hydroxylation is 3. The van der Waals surface area contributed by atoms with Crippen molar-refractivity contribution in [1.82, 2.24) is 20.0 Å². The fourth-order valence-electron chi connectivity index (χ4n) is 5.98. The molecular weight excluding hydrogens is 623 g/mol. The summed E-state index contributed by atoms with van der Waals surface area (Å²) in [6.07, 6.45) is -6.52. The molecule has 0 bridgehead atoms. The van der Waals surface area contributed by atoms with Crippen molar-refractivity contribution in [2.75, 3.05) is 19.6 Å². The van der Waals surface area contributed by atoms with Crippen LogP contribution >= 0.6 is 0 Å². The van der Waals surface area contributed by atoms with Crippen LogP contribution < -0.4 is 10.9 Å². The Kier molecular flexibility index (Phi) is 10.9. The van der Waals surface area contributed by atoms with Gasteiger partial charge in [0, 0.05) is 37.7 Å². The minimum atomic E-state index is -5.12. The molecule has 2 heterocycles. The lowest BCUT2D eigenvalue weighted by Gasteiger charge is -2.34. The molecule has 4 rings (SSSR count). The van der Waals surface area contributed by atoms with Crippen molar-refractivity contribution in [3.05, 3.63) is 86.1 Å². The summed E-state index contributed by atoms with van der Waals surface area (Å²) in [7, 11) is 0. The highest BCUT2D eigenvalue weighted by molar-refractivity contribution is 5.82. The number of rotatable bonds is 12. The third kappa shape index (κ3) is 8.43. The Morgan fingerprint density at radius 3 is 2.26 bits per heavy atom. The first-order valence-corrected chi connectivity index (χ1v) is 15.4. The topological polar surface area (TPSA) is 105 Å². The van der Waals surface area contributed by atoms with Gasteiger partial charge in [0.1, 0.15) is 18.0 Å². The lowest BCUT2D eigenvalue weighted by atomic mass is 9.90. The van der Waals surface area contributed by atoms with Crippen LogP contribution in [0.2, 0.25) is 0 Å². The van der Waals surface area contributed by atoms with Gasteiger partial charge in [-0.05, 0) is 73.1 Å². The quantitative estimate of drug-likeness (QED) is 0.227. The number of nitrogens with one attached hydrogen (secondary N) is 1. The van der Waals surface area contributed by atoms with E-state index in [1.165, 1.54) is 6.07 Å². The molecule has 0 unspecified atom stereocenters. The molecule has 2 aromatic carbocycles. The molecule has 1 fully saturated rings. The number of carboxylic acid groups (broad SMARTS) is 1. The van der Waals surface area contributed by atoms with Crippen LogP contribution in [0, 0.1) is 32.5 Å². The molecule has 1 saturated heterocycles. The molecular formula is C34H39F5N4O4. The number of hydrogen-bond donors (Lipinski definition) is 2. The number of alkyl halides is 4. The molecule has 1 aromatic heterocycles. The molecule has 1 amide bonds. The van der Waals surface area contributed by atoms with Gasteiger partial charge >= 0.3 is 12.1 Å². The summed E-state index contributed by atoms with van der Waals surface area (Å²) in [5, 5.41) is 16.6. The van der Waals surface area contributed by atoms with Crippen molar-refractivity contribution < 1.29 is 36.6 Å². The molecule has 2 N–H and O–H groups in total. The molecule has 3 aromatic rings. The second-order valence-electron chi connectivity index (χ2n) is 12.7. The van der Waals surface area contributed by atoms with Crippen LogP contribution in [0.15, 0.2) is 41.2 Å². The highest BCUT2D eigenvalue weighted by atomic mass is 19.4. The van der Waals surface area contributed by atoms with Gasteiger partial charge in [0.25, 0.3) is 5.56 Å². The first-order valence-electron chi connectivity index (χ1n) is 15.4. The van der Waals surface area contributed by atoms with Gasteiger partial charge in [0.15, 0.2) is 0 Å². The predicted octanol–water partition coefficient (Wildman–Crippen LogP) is 6.11. The minimum absolute atomic E-state index is 0.00930. The van der Waals surface area contributed by atoms with E-state index in [4.69, 9.17) is 0 Å². The number of carboxylic acids is 1. The summed E-state index contributed by atoms with van der Waals surface area (Å²) in [6.45, 7) is 9.70. The smallest absolute Gasteiger partial charge is 0.419 e. The molecule has 0 saturated carbocycles. The Balaban J connectivity index is 1.78. The van der Waals surface area contributed by atoms with Crippen LogP contribution in [0.5, 0.6) is 0 Å². The van der Waals surface area contributed by atoms with E-state index in [2.05, 4.69) is 10.4 Å². The summed E-state index contributed by atoms with van der Waals surface area (Å²) < 4.78 is 72.5. The molecule has 0 spiro atoms. The van der Waals surface area contributed by atoms with Crippen molar-refractivity contribution in [1.29, 1.82) is 0 Å². The molecule has 47 heavy (non-hydrogen) atoms. The zero-order chi connectivity index (χ0) is 34.8. The molecule has 8 nitrogen and oxygen atoms in total. The number of benzene rings is 2. The number of hydrogen-bond acceptors (Lipinski definition) is 5. The second kappa shape index (κ2) is 14.3. The van der Waals surface area contributed by atoms with E-state index in [0.717, 1.165) is 10.7 Å². The number of amides is 1. The van der Waals surface area contributed by atoms with Crippen molar-refractivity contribution in [2.45, 2.75) is 78.3 Å². The monoisotopic (exact) mass is 662 g/mol. The van der Waals surface area contributed by atoms with Gasteiger partial charge in [0.2, 0.25) is 5.91 Å². The maximum Gasteiger partial charge on any atom is 0.419 e. The number of halogens is 5. The van der Waals surface area contributed by atoms with Crippen LogP contribution in [0.4, 0.5) is 22.0 Å². The molecule has 254 valence electrons. The normalized spacial score (nSPS) is 15.4. The highest BCUT2D eigenvalue weighted by Crippen LogP contribution is 2.40. The second-order valence-corrected chi connectivity index (χ2v) is 12.7. The van der Waals surface area contributed by atoms with Crippen LogP contribution in [-0.2, 0) is 22.2 Å². The molecule has 0 radical (unpaired) electrons. The van der Waals surface area contributed by atoms with Crippen molar-refractivity contribution in [3.8, 4) is 11.1 Å². The predicted molar refractivity (Wildman–Crippen MR) is 166 cm³/mol. The number of aliphatic carboxylic acids is 1. The van der Waals surface area contributed by atoms with Crippen LogP contribution in [-0.4, -0.2) is 57.5 Å². The van der Waals surface area contributed by atoms with E-state index in [1.807, 2.05) is 4.90 Å². The maximum atomic E-state index is 15.8. The summed E-state index contributed by atoms with van der Waals surface area (Å²) in [5.41, 5.74) is -0.136. The number of carbonyl (C=O) groups is 2. The van der Waals surface area contributed by atoms with Crippen molar-refractivity contribution in [2.24, 2.45) is 5.92 Å². The van der Waals surface area contributed by atoms with Gasteiger partial charge in [-0.2, -0.15) is 18.3 Å². The average Bonchev–Trinajstić information content (AvgIpc) is 2.93. The zero-order valence-electron chi connectivity index (χ0n) is 26.9. The fraction of sp³-hybridized carbons (Fsp3) is 0.471. The summed E-state index contributed by atoms with van der Waals surface area (Å²) >= 11 is 0. The number of carbonyl (C=O) groups excluding carboxylic acids is 1. The third-order valence-electron chi connectivity index (χ3n) is 8.37. The van der Waals surface area contributed by atoms with E-state index < -0.39 is 65.2 Å². The Morgan fingerprint density at radius 2 is 1.70 bits per heavy atom. The largest absolute Gasteiger partial charge is 0.481 e. The van der Waals surface area contributed by atoms with Gasteiger partial charge in [-0.3, -0.25) is 19.3 Å². The van der Waals surface area contributed by atoms with E-state index in [9.17, 15) is 37.1 Å². The Hall–Kier alpha value is -4.13. The number of nitrogens with zero attached hydrogens (tertiary/aromatic N) is 3. The van der Waals surface area contributed by atoms with Crippen LogP contribution in [0.3, 0.4) is 0 Å². The summed E-state index contributed by atoms with van der Waals surface area (Å²) in [6, 6.07) is 5.22. The summed E-state index contributed by atoms with van der Waals surface area (Å²) in [5.74, 6) is -4.27. The Morgan fingerprint density at radius 1 is 1.06 bits per heavy atom. The summed E-state index contributed by atoms with van der Waals surface area (Å²) in [4.78, 5) is 40.9. The Bertz CT molecular complexity index is 1680. The van der Waals surface area contributed by atoms with E-state index >= 15 is 4.39 Å². The highest BCUT2D eigenvalue weighted by Gasteiger charge is 2.38. The van der Waals surface area contributed by atoms with Gasteiger partial charge in [0.05, 0.1) is 23.7 Å². The third-order valence-corrected chi connectivity index (χ3v) is 8.37. The van der Waals surface area contributed by atoms with Gasteiger partial charge in [-0.1, -0.05) is 32.0 Å². The van der Waals surface area contributed by atoms with E-state index in [1.54, 1.807) is 52.8 Å².